The molecule has 0 saturated heterocycles. The van der Waals surface area contributed by atoms with Gasteiger partial charge in [-0.1, -0.05) is 12.1 Å². The van der Waals surface area contributed by atoms with Crippen LogP contribution in [0.4, 0.5) is 0 Å². The second-order valence-electron chi connectivity index (χ2n) is 5.40. The zero-order valence-electron chi connectivity index (χ0n) is 12.3. The van der Waals surface area contributed by atoms with E-state index in [0.29, 0.717) is 12.8 Å². The van der Waals surface area contributed by atoms with Gasteiger partial charge < -0.3 is 9.84 Å². The number of aliphatic hydroxyl groups is 1. The minimum atomic E-state index is -0.782. The van der Waals surface area contributed by atoms with Gasteiger partial charge in [0.2, 0.25) is 0 Å². The maximum Gasteiger partial charge on any atom is 0.118 e. The van der Waals surface area contributed by atoms with Gasteiger partial charge in [-0.15, -0.1) is 0 Å². The van der Waals surface area contributed by atoms with Gasteiger partial charge in [0.1, 0.15) is 5.75 Å². The Labute approximate surface area is 120 Å². The Kier molecular flexibility index (Phi) is 4.45. The number of aromatic nitrogens is 2. The molecular weight excluding hydrogens is 252 g/mol. The summed E-state index contributed by atoms with van der Waals surface area (Å²) in [6, 6.07) is 7.81. The lowest BCUT2D eigenvalue weighted by Crippen LogP contribution is -2.29. The number of hydrogen-bond acceptors (Lipinski definition) is 3. The highest BCUT2D eigenvalue weighted by molar-refractivity contribution is 5.28. The molecule has 1 N–H and O–H groups in total. The summed E-state index contributed by atoms with van der Waals surface area (Å²) in [6.07, 6.45) is 5.02. The summed E-state index contributed by atoms with van der Waals surface area (Å²) in [4.78, 5) is 0. The van der Waals surface area contributed by atoms with E-state index in [2.05, 4.69) is 5.10 Å². The maximum atomic E-state index is 10.6. The predicted molar refractivity (Wildman–Crippen MR) is 78.9 cm³/mol. The van der Waals surface area contributed by atoms with E-state index in [1.165, 1.54) is 0 Å². The van der Waals surface area contributed by atoms with Gasteiger partial charge >= 0.3 is 0 Å². The van der Waals surface area contributed by atoms with Crippen molar-refractivity contribution in [3.05, 3.63) is 47.8 Å². The van der Waals surface area contributed by atoms with E-state index in [9.17, 15) is 5.11 Å². The minimum absolute atomic E-state index is 0.596. The standard InChI is InChI=1S/C16H22N2O2/c1-4-18-12-14(11-17-18)10-16(2,19)9-13-5-7-15(20-3)8-6-13/h5-8,11-12,19H,4,9-10H2,1-3H3. The Hall–Kier alpha value is -1.81. The average Bonchev–Trinajstić information content (AvgIpc) is 2.86. The average molecular weight is 274 g/mol. The lowest BCUT2D eigenvalue weighted by atomic mass is 9.91. The summed E-state index contributed by atoms with van der Waals surface area (Å²) in [5, 5.41) is 14.8. The highest BCUT2D eigenvalue weighted by Gasteiger charge is 2.22. The topological polar surface area (TPSA) is 47.3 Å². The van der Waals surface area contributed by atoms with Gasteiger partial charge in [-0.05, 0) is 37.1 Å². The summed E-state index contributed by atoms with van der Waals surface area (Å²) in [6.45, 7) is 4.76. The number of benzene rings is 1. The third-order valence-electron chi connectivity index (χ3n) is 3.34. The zero-order chi connectivity index (χ0) is 14.6. The second-order valence-corrected chi connectivity index (χ2v) is 5.40. The molecule has 4 nitrogen and oxygen atoms in total. The molecule has 0 fully saturated rings. The van der Waals surface area contributed by atoms with Crippen LogP contribution in [0.1, 0.15) is 25.0 Å². The van der Waals surface area contributed by atoms with Crippen LogP contribution in [0.15, 0.2) is 36.7 Å². The van der Waals surface area contributed by atoms with Gasteiger partial charge in [-0.3, -0.25) is 4.68 Å². The molecule has 1 unspecified atom stereocenters. The van der Waals surface area contributed by atoms with Crippen molar-refractivity contribution >= 4 is 0 Å². The van der Waals surface area contributed by atoms with Crippen molar-refractivity contribution < 1.29 is 9.84 Å². The maximum absolute atomic E-state index is 10.6. The Bertz CT molecular complexity index is 544. The number of ether oxygens (including phenoxy) is 1. The fourth-order valence-corrected chi connectivity index (χ4v) is 2.36. The minimum Gasteiger partial charge on any atom is -0.497 e. The van der Waals surface area contributed by atoms with E-state index in [4.69, 9.17) is 4.74 Å². The molecule has 0 aliphatic heterocycles. The summed E-state index contributed by atoms with van der Waals surface area (Å²) in [7, 11) is 1.65. The number of rotatable bonds is 6. The Morgan fingerprint density at radius 3 is 2.40 bits per heavy atom. The third-order valence-corrected chi connectivity index (χ3v) is 3.34. The zero-order valence-corrected chi connectivity index (χ0v) is 12.3. The molecule has 1 heterocycles. The smallest absolute Gasteiger partial charge is 0.118 e. The van der Waals surface area contributed by atoms with E-state index in [0.717, 1.165) is 23.4 Å². The van der Waals surface area contributed by atoms with E-state index in [-0.39, 0.29) is 0 Å². The molecule has 2 rings (SSSR count). The van der Waals surface area contributed by atoms with Crippen molar-refractivity contribution in [3.8, 4) is 5.75 Å². The van der Waals surface area contributed by atoms with Gasteiger partial charge in [-0.2, -0.15) is 5.10 Å². The van der Waals surface area contributed by atoms with Crippen LogP contribution in [0.2, 0.25) is 0 Å². The molecule has 0 saturated carbocycles. The van der Waals surface area contributed by atoms with Crippen molar-refractivity contribution in [2.45, 2.75) is 38.8 Å². The summed E-state index contributed by atoms with van der Waals surface area (Å²) >= 11 is 0. The first-order valence-corrected chi connectivity index (χ1v) is 6.89. The first-order chi connectivity index (χ1) is 9.52. The van der Waals surface area contributed by atoms with Crippen LogP contribution < -0.4 is 4.74 Å². The van der Waals surface area contributed by atoms with Crippen molar-refractivity contribution in [1.29, 1.82) is 0 Å². The largest absolute Gasteiger partial charge is 0.497 e. The van der Waals surface area contributed by atoms with E-state index in [1.807, 2.05) is 55.2 Å². The van der Waals surface area contributed by atoms with Crippen LogP contribution in [-0.2, 0) is 19.4 Å². The van der Waals surface area contributed by atoms with Crippen LogP contribution in [0, 0.1) is 0 Å². The Morgan fingerprint density at radius 1 is 1.20 bits per heavy atom. The van der Waals surface area contributed by atoms with Crippen molar-refractivity contribution in [2.75, 3.05) is 7.11 Å². The van der Waals surface area contributed by atoms with Crippen LogP contribution in [0.25, 0.3) is 0 Å². The van der Waals surface area contributed by atoms with Gasteiger partial charge in [-0.25, -0.2) is 0 Å². The second kappa shape index (κ2) is 6.09. The molecule has 2 aromatic rings. The molecule has 0 aliphatic carbocycles. The van der Waals surface area contributed by atoms with Crippen LogP contribution in [-0.4, -0.2) is 27.6 Å². The van der Waals surface area contributed by atoms with E-state index in [1.54, 1.807) is 7.11 Å². The van der Waals surface area contributed by atoms with Crippen molar-refractivity contribution in [1.82, 2.24) is 9.78 Å². The molecule has 0 radical (unpaired) electrons. The van der Waals surface area contributed by atoms with Gasteiger partial charge in [0, 0.05) is 25.6 Å². The highest BCUT2D eigenvalue weighted by atomic mass is 16.5. The Balaban J connectivity index is 2.01. The molecule has 0 spiro atoms. The van der Waals surface area contributed by atoms with Gasteiger partial charge in [0.05, 0.1) is 18.9 Å². The summed E-state index contributed by atoms with van der Waals surface area (Å²) in [5.74, 6) is 0.831. The molecule has 0 aliphatic rings. The van der Waals surface area contributed by atoms with Crippen LogP contribution >= 0.6 is 0 Å². The van der Waals surface area contributed by atoms with Gasteiger partial charge in [0.15, 0.2) is 0 Å². The fraction of sp³-hybridized carbons (Fsp3) is 0.438. The molecule has 20 heavy (non-hydrogen) atoms. The summed E-state index contributed by atoms with van der Waals surface area (Å²) < 4.78 is 7.01. The molecule has 1 aromatic carbocycles. The summed E-state index contributed by atoms with van der Waals surface area (Å²) in [5.41, 5.74) is 1.37. The number of aryl methyl sites for hydroxylation is 1. The molecule has 0 amide bonds. The van der Waals surface area contributed by atoms with Crippen molar-refractivity contribution in [3.63, 3.8) is 0 Å². The highest BCUT2D eigenvalue weighted by Crippen LogP contribution is 2.20. The lowest BCUT2D eigenvalue weighted by Gasteiger charge is -2.22. The molecule has 0 bridgehead atoms. The number of methoxy groups -OCH3 is 1. The quantitative estimate of drug-likeness (QED) is 0.880. The first kappa shape index (κ1) is 14.6. The molecular formula is C16H22N2O2. The molecule has 108 valence electrons. The normalized spacial score (nSPS) is 14.0. The Morgan fingerprint density at radius 2 is 1.85 bits per heavy atom. The number of hydrogen-bond donors (Lipinski definition) is 1. The van der Waals surface area contributed by atoms with Crippen LogP contribution in [0.3, 0.4) is 0 Å². The van der Waals surface area contributed by atoms with E-state index < -0.39 is 5.60 Å². The van der Waals surface area contributed by atoms with Gasteiger partial charge in [0.25, 0.3) is 0 Å². The predicted octanol–water partition coefficient (Wildman–Crippen LogP) is 2.45. The molecule has 4 heteroatoms. The third kappa shape index (κ3) is 3.84. The monoisotopic (exact) mass is 274 g/mol. The first-order valence-electron chi connectivity index (χ1n) is 6.89. The van der Waals surface area contributed by atoms with E-state index >= 15 is 0 Å². The number of nitrogens with zero attached hydrogens (tertiary/aromatic N) is 2. The fourth-order valence-electron chi connectivity index (χ4n) is 2.36. The molecule has 1 aromatic heterocycles. The van der Waals surface area contributed by atoms with Crippen molar-refractivity contribution in [2.24, 2.45) is 0 Å². The SMILES string of the molecule is CCn1cc(CC(C)(O)Cc2ccc(OC)cc2)cn1. The van der Waals surface area contributed by atoms with Crippen LogP contribution in [0.5, 0.6) is 5.75 Å². The lowest BCUT2D eigenvalue weighted by molar-refractivity contribution is 0.0608. The molecule has 1 atom stereocenters.